The van der Waals surface area contributed by atoms with Crippen LogP contribution in [0.25, 0.3) is 0 Å². The lowest BCUT2D eigenvalue weighted by molar-refractivity contribution is -0.122. The molecule has 0 aliphatic heterocycles. The number of ether oxygens (including phenoxy) is 1. The van der Waals surface area contributed by atoms with Crippen LogP contribution in [0.5, 0.6) is 5.75 Å². The van der Waals surface area contributed by atoms with E-state index >= 15 is 0 Å². The van der Waals surface area contributed by atoms with Gasteiger partial charge >= 0.3 is 0 Å². The molecule has 0 saturated heterocycles. The number of alkyl halides is 1. The fourth-order valence-electron chi connectivity index (χ4n) is 2.82. The average Bonchev–Trinajstić information content (AvgIpc) is 2.73. The van der Waals surface area contributed by atoms with E-state index in [-0.39, 0.29) is 12.0 Å². The number of rotatable bonds is 9. The van der Waals surface area contributed by atoms with E-state index in [4.69, 9.17) is 16.3 Å². The zero-order valence-electron chi connectivity index (χ0n) is 17.1. The van der Waals surface area contributed by atoms with Crippen molar-refractivity contribution in [1.82, 2.24) is 10.6 Å². The molecule has 2 rings (SSSR count). The first-order chi connectivity index (χ1) is 14.2. The molecule has 30 heavy (non-hydrogen) atoms. The number of hydrogen-bond acceptors (Lipinski definition) is 4. The second-order valence-corrected chi connectivity index (χ2v) is 8.12. The topological polar surface area (TPSA) is 87.7 Å². The second-order valence-electron chi connectivity index (χ2n) is 7.07. The number of hydrogen-bond donors (Lipinski definition) is 3. The highest BCUT2D eigenvalue weighted by atomic mass is 79.9. The Morgan fingerprint density at radius 3 is 2.37 bits per heavy atom. The highest BCUT2D eigenvalue weighted by Gasteiger charge is 2.22. The molecule has 0 aromatic heterocycles. The van der Waals surface area contributed by atoms with Crippen molar-refractivity contribution >= 4 is 39.3 Å². The van der Waals surface area contributed by atoms with E-state index < -0.39 is 18.1 Å². The summed E-state index contributed by atoms with van der Waals surface area (Å²) >= 11 is 9.46. The largest absolute Gasteiger partial charge is 0.489 e. The zero-order valence-corrected chi connectivity index (χ0v) is 19.5. The van der Waals surface area contributed by atoms with Gasteiger partial charge in [-0.05, 0) is 43.2 Å². The lowest BCUT2D eigenvalue weighted by Gasteiger charge is -2.18. The Bertz CT molecular complexity index is 874. The van der Waals surface area contributed by atoms with Crippen molar-refractivity contribution in [3.05, 3.63) is 64.2 Å². The first-order valence-electron chi connectivity index (χ1n) is 9.56. The van der Waals surface area contributed by atoms with Crippen LogP contribution in [0.4, 0.5) is 0 Å². The van der Waals surface area contributed by atoms with E-state index in [1.807, 2.05) is 26.0 Å². The molecule has 2 aromatic carbocycles. The predicted octanol–water partition coefficient (Wildman–Crippen LogP) is 3.64. The van der Waals surface area contributed by atoms with Gasteiger partial charge in [0.25, 0.3) is 5.91 Å². The minimum atomic E-state index is -0.764. The molecule has 0 aliphatic carbocycles. The molecule has 162 valence electrons. The van der Waals surface area contributed by atoms with Gasteiger partial charge in [0.1, 0.15) is 11.8 Å². The maximum Gasteiger partial charge on any atom is 0.251 e. The molecule has 0 saturated carbocycles. The minimum Gasteiger partial charge on any atom is -0.489 e. The fraction of sp³-hybridized carbons (Fsp3) is 0.364. The van der Waals surface area contributed by atoms with Gasteiger partial charge in [-0.3, -0.25) is 9.59 Å². The van der Waals surface area contributed by atoms with Crippen LogP contribution in [-0.4, -0.2) is 41.4 Å². The molecule has 3 N–H and O–H groups in total. The summed E-state index contributed by atoms with van der Waals surface area (Å²) in [6.07, 6.45) is -0.332. The maximum absolute atomic E-state index is 12.7. The normalized spacial score (nSPS) is 12.9. The highest BCUT2D eigenvalue weighted by molar-refractivity contribution is 9.09. The SMILES string of the molecule is CNC(=O)C(Cc1ccc(C(O)CBr)cc1)NC(=O)c1ccc(OC(C)C)c(Cl)c1. The molecular formula is C22H26BrClN2O4. The number of nitrogens with one attached hydrogen (secondary N) is 2. The van der Waals surface area contributed by atoms with Crippen molar-refractivity contribution < 1.29 is 19.4 Å². The summed E-state index contributed by atoms with van der Waals surface area (Å²) in [5.74, 6) is -0.219. The quantitative estimate of drug-likeness (QED) is 0.462. The van der Waals surface area contributed by atoms with Crippen LogP contribution in [0.15, 0.2) is 42.5 Å². The third-order valence-corrected chi connectivity index (χ3v) is 5.28. The number of amides is 2. The number of benzene rings is 2. The van der Waals surface area contributed by atoms with E-state index in [0.29, 0.717) is 28.1 Å². The van der Waals surface area contributed by atoms with Crippen molar-refractivity contribution in [2.45, 2.75) is 38.5 Å². The molecule has 2 aromatic rings. The highest BCUT2D eigenvalue weighted by Crippen LogP contribution is 2.26. The molecule has 0 fully saturated rings. The van der Waals surface area contributed by atoms with Gasteiger partial charge in [-0.15, -0.1) is 0 Å². The van der Waals surface area contributed by atoms with Gasteiger partial charge in [-0.1, -0.05) is 51.8 Å². The maximum atomic E-state index is 12.7. The Kier molecular flexibility index (Phi) is 9.14. The van der Waals surface area contributed by atoms with Gasteiger partial charge in [0.2, 0.25) is 5.91 Å². The van der Waals surface area contributed by atoms with Gasteiger partial charge in [-0.25, -0.2) is 0 Å². The zero-order chi connectivity index (χ0) is 22.3. The number of carbonyl (C=O) groups excluding carboxylic acids is 2. The van der Waals surface area contributed by atoms with E-state index in [1.54, 1.807) is 24.3 Å². The van der Waals surface area contributed by atoms with Gasteiger partial charge in [0, 0.05) is 24.4 Å². The van der Waals surface area contributed by atoms with E-state index in [0.717, 1.165) is 11.1 Å². The Morgan fingerprint density at radius 2 is 1.83 bits per heavy atom. The minimum absolute atomic E-state index is 0.0400. The van der Waals surface area contributed by atoms with Crippen LogP contribution >= 0.6 is 27.5 Å². The van der Waals surface area contributed by atoms with E-state index in [9.17, 15) is 14.7 Å². The summed E-state index contributed by atoms with van der Waals surface area (Å²) in [4.78, 5) is 25.0. The van der Waals surface area contributed by atoms with Crippen molar-refractivity contribution in [2.24, 2.45) is 0 Å². The molecule has 8 heteroatoms. The van der Waals surface area contributed by atoms with Crippen LogP contribution in [0, 0.1) is 0 Å². The number of carbonyl (C=O) groups is 2. The number of aliphatic hydroxyl groups excluding tert-OH is 1. The first kappa shape index (κ1) is 24.2. The van der Waals surface area contributed by atoms with Crippen LogP contribution in [0.3, 0.4) is 0 Å². The Hall–Kier alpha value is -2.09. The monoisotopic (exact) mass is 496 g/mol. The van der Waals surface area contributed by atoms with Gasteiger partial charge in [0.05, 0.1) is 17.2 Å². The Labute approximate surface area is 190 Å². The molecule has 0 radical (unpaired) electrons. The molecule has 0 heterocycles. The Morgan fingerprint density at radius 1 is 1.17 bits per heavy atom. The van der Waals surface area contributed by atoms with Gasteiger partial charge in [-0.2, -0.15) is 0 Å². The molecule has 2 atom stereocenters. The van der Waals surface area contributed by atoms with Crippen molar-refractivity contribution in [3.8, 4) is 5.75 Å². The predicted molar refractivity (Wildman–Crippen MR) is 121 cm³/mol. The number of halogens is 2. The molecule has 0 spiro atoms. The van der Waals surface area contributed by atoms with Crippen LogP contribution in [0.2, 0.25) is 5.02 Å². The standard InChI is InChI=1S/C22H26BrClN2O4/c1-13(2)30-20-9-8-16(11-17(20)24)21(28)26-18(22(29)25-3)10-14-4-6-15(7-5-14)19(27)12-23/h4-9,11,13,18-19,27H,10,12H2,1-3H3,(H,25,29)(H,26,28). The van der Waals surface area contributed by atoms with E-state index in [2.05, 4.69) is 26.6 Å². The molecule has 2 amide bonds. The van der Waals surface area contributed by atoms with E-state index in [1.165, 1.54) is 13.1 Å². The summed E-state index contributed by atoms with van der Waals surface area (Å²) < 4.78 is 5.58. The second kappa shape index (κ2) is 11.3. The van der Waals surface area contributed by atoms with Crippen LogP contribution in [0.1, 0.15) is 41.4 Å². The first-order valence-corrected chi connectivity index (χ1v) is 11.1. The van der Waals surface area contributed by atoms with Crippen LogP contribution < -0.4 is 15.4 Å². The smallest absolute Gasteiger partial charge is 0.251 e. The third-order valence-electron chi connectivity index (χ3n) is 4.38. The fourth-order valence-corrected chi connectivity index (χ4v) is 3.42. The summed E-state index contributed by atoms with van der Waals surface area (Å²) in [6.45, 7) is 3.77. The lowest BCUT2D eigenvalue weighted by Crippen LogP contribution is -2.47. The summed E-state index contributed by atoms with van der Waals surface area (Å²) in [6, 6.07) is 11.3. The molecule has 0 aliphatic rings. The van der Waals surface area contributed by atoms with Crippen LogP contribution in [-0.2, 0) is 11.2 Å². The average molecular weight is 498 g/mol. The Balaban J connectivity index is 2.13. The third kappa shape index (κ3) is 6.72. The van der Waals surface area contributed by atoms with Gasteiger partial charge in [0.15, 0.2) is 0 Å². The van der Waals surface area contributed by atoms with Crippen molar-refractivity contribution in [2.75, 3.05) is 12.4 Å². The summed E-state index contributed by atoms with van der Waals surface area (Å²) in [5.41, 5.74) is 1.96. The number of aliphatic hydroxyl groups is 1. The molecule has 0 bridgehead atoms. The lowest BCUT2D eigenvalue weighted by atomic mass is 10.0. The van der Waals surface area contributed by atoms with Crippen molar-refractivity contribution in [1.29, 1.82) is 0 Å². The molecule has 6 nitrogen and oxygen atoms in total. The summed E-state index contributed by atoms with van der Waals surface area (Å²) in [7, 11) is 1.52. The molecular weight excluding hydrogens is 472 g/mol. The van der Waals surface area contributed by atoms with Gasteiger partial charge < -0.3 is 20.5 Å². The molecule has 2 unspecified atom stereocenters. The number of likely N-dealkylation sites (N-methyl/N-ethyl adjacent to an activating group) is 1. The van der Waals surface area contributed by atoms with Crippen molar-refractivity contribution in [3.63, 3.8) is 0 Å². The summed E-state index contributed by atoms with van der Waals surface area (Å²) in [5, 5.41) is 16.0.